The number of carboxylic acids is 1. The topological polar surface area (TPSA) is 85.7 Å². The summed E-state index contributed by atoms with van der Waals surface area (Å²) in [5.74, 6) is 0.117. The first-order chi connectivity index (χ1) is 11.8. The number of carboxylic acid groups (broad SMARTS) is 1. The lowest BCUT2D eigenvalue weighted by atomic mass is 9.86. The van der Waals surface area contributed by atoms with Crippen LogP contribution in [0.15, 0.2) is 23.6 Å². The van der Waals surface area contributed by atoms with E-state index in [0.717, 1.165) is 10.6 Å². The lowest BCUT2D eigenvalue weighted by Gasteiger charge is -2.17. The monoisotopic (exact) mass is 363 g/mol. The summed E-state index contributed by atoms with van der Waals surface area (Å²) in [5, 5.41) is 11.7. The van der Waals surface area contributed by atoms with Gasteiger partial charge in [-0.15, -0.1) is 11.3 Å². The molecule has 2 rings (SSSR count). The fourth-order valence-electron chi connectivity index (χ4n) is 2.32. The maximum atomic E-state index is 12.1. The van der Waals surface area contributed by atoms with Crippen LogP contribution in [0.5, 0.6) is 11.5 Å². The van der Waals surface area contributed by atoms with Gasteiger partial charge in [-0.2, -0.15) is 0 Å². The van der Waals surface area contributed by atoms with Crippen LogP contribution >= 0.6 is 11.3 Å². The number of ketones is 1. The Kier molecular flexibility index (Phi) is 5.79. The Balaban J connectivity index is 2.12. The van der Waals surface area contributed by atoms with Gasteiger partial charge in [0.1, 0.15) is 10.8 Å². The number of carbonyl (C=O) groups is 2. The first-order valence-corrected chi connectivity index (χ1v) is 8.56. The van der Waals surface area contributed by atoms with Crippen molar-refractivity contribution in [1.29, 1.82) is 0 Å². The number of ether oxygens (including phenoxy) is 2. The van der Waals surface area contributed by atoms with Crippen molar-refractivity contribution in [3.63, 3.8) is 0 Å². The van der Waals surface area contributed by atoms with Crippen LogP contribution in [-0.2, 0) is 16.0 Å². The first kappa shape index (κ1) is 18.9. The van der Waals surface area contributed by atoms with Crippen molar-refractivity contribution >= 4 is 23.1 Å². The van der Waals surface area contributed by atoms with E-state index in [1.807, 2.05) is 17.5 Å². The number of aromatic nitrogens is 1. The SMILES string of the molecule is COc1ccc(-c2nc(CC(=O)CC(C)(C)C(=O)O)cs2)cc1OC. The largest absolute Gasteiger partial charge is 0.493 e. The molecule has 0 atom stereocenters. The fourth-order valence-corrected chi connectivity index (χ4v) is 3.14. The van der Waals surface area contributed by atoms with Crippen LogP contribution in [0.4, 0.5) is 0 Å². The third-order valence-corrected chi connectivity index (χ3v) is 4.72. The van der Waals surface area contributed by atoms with E-state index in [9.17, 15) is 9.59 Å². The second-order valence-electron chi connectivity index (χ2n) is 6.30. The molecule has 0 saturated carbocycles. The highest BCUT2D eigenvalue weighted by Crippen LogP contribution is 2.33. The van der Waals surface area contributed by atoms with Crippen molar-refractivity contribution in [1.82, 2.24) is 4.98 Å². The molecular formula is C18H21NO5S. The molecule has 0 unspecified atom stereocenters. The summed E-state index contributed by atoms with van der Waals surface area (Å²) in [6.45, 7) is 3.09. The van der Waals surface area contributed by atoms with E-state index in [1.54, 1.807) is 34.1 Å². The van der Waals surface area contributed by atoms with Crippen LogP contribution in [0.1, 0.15) is 26.0 Å². The number of methoxy groups -OCH3 is 2. The van der Waals surface area contributed by atoms with Crippen molar-refractivity contribution in [2.24, 2.45) is 5.41 Å². The zero-order valence-corrected chi connectivity index (χ0v) is 15.5. The molecule has 0 aliphatic carbocycles. The smallest absolute Gasteiger partial charge is 0.309 e. The molecule has 0 bridgehead atoms. The van der Waals surface area contributed by atoms with Crippen molar-refractivity contribution < 1.29 is 24.2 Å². The molecular weight excluding hydrogens is 342 g/mol. The number of carbonyl (C=O) groups excluding carboxylic acids is 1. The predicted octanol–water partition coefficient (Wildman–Crippen LogP) is 3.44. The van der Waals surface area contributed by atoms with Crippen LogP contribution in [0.25, 0.3) is 10.6 Å². The van der Waals surface area contributed by atoms with E-state index in [1.165, 1.54) is 11.3 Å². The van der Waals surface area contributed by atoms with E-state index in [-0.39, 0.29) is 18.6 Å². The van der Waals surface area contributed by atoms with Gasteiger partial charge in [0, 0.05) is 23.8 Å². The Hall–Kier alpha value is -2.41. The van der Waals surface area contributed by atoms with Gasteiger partial charge in [0.25, 0.3) is 0 Å². The average Bonchev–Trinajstić information content (AvgIpc) is 3.01. The summed E-state index contributed by atoms with van der Waals surface area (Å²) < 4.78 is 10.5. The van der Waals surface area contributed by atoms with Gasteiger partial charge >= 0.3 is 5.97 Å². The molecule has 0 spiro atoms. The molecule has 0 radical (unpaired) electrons. The van der Waals surface area contributed by atoms with Gasteiger partial charge in [-0.25, -0.2) is 4.98 Å². The minimum Gasteiger partial charge on any atom is -0.493 e. The molecule has 1 aromatic heterocycles. The number of rotatable bonds is 8. The second-order valence-corrected chi connectivity index (χ2v) is 7.15. The van der Waals surface area contributed by atoms with Crippen LogP contribution in [0.2, 0.25) is 0 Å². The lowest BCUT2D eigenvalue weighted by Crippen LogP contribution is -2.27. The summed E-state index contributed by atoms with van der Waals surface area (Å²) >= 11 is 1.43. The maximum Gasteiger partial charge on any atom is 0.309 e. The highest BCUT2D eigenvalue weighted by Gasteiger charge is 2.30. The standard InChI is InChI=1S/C18H21NO5S/c1-18(2,17(21)22)9-13(20)8-12-10-25-16(19-12)11-5-6-14(23-3)15(7-11)24-4/h5-7,10H,8-9H2,1-4H3,(H,21,22). The molecule has 0 amide bonds. The molecule has 134 valence electrons. The Morgan fingerprint density at radius 2 is 1.88 bits per heavy atom. The highest BCUT2D eigenvalue weighted by atomic mass is 32.1. The Bertz CT molecular complexity index is 782. The van der Waals surface area contributed by atoms with E-state index >= 15 is 0 Å². The number of Topliss-reactive ketones (excluding diaryl/α,β-unsaturated/α-hetero) is 1. The third-order valence-electron chi connectivity index (χ3n) is 3.78. The minimum atomic E-state index is -1.07. The van der Waals surface area contributed by atoms with E-state index in [4.69, 9.17) is 14.6 Å². The molecule has 2 aromatic rings. The zero-order valence-electron chi connectivity index (χ0n) is 14.7. The number of benzene rings is 1. The fraction of sp³-hybridized carbons (Fsp3) is 0.389. The van der Waals surface area contributed by atoms with Gasteiger partial charge in [-0.3, -0.25) is 9.59 Å². The molecule has 1 heterocycles. The van der Waals surface area contributed by atoms with Crippen molar-refractivity contribution in [2.75, 3.05) is 14.2 Å². The van der Waals surface area contributed by atoms with Gasteiger partial charge in [-0.1, -0.05) is 0 Å². The van der Waals surface area contributed by atoms with Crippen molar-refractivity contribution in [3.05, 3.63) is 29.3 Å². The molecule has 0 aliphatic heterocycles. The second kappa shape index (κ2) is 7.65. The quantitative estimate of drug-likeness (QED) is 0.773. The zero-order chi connectivity index (χ0) is 18.6. The molecule has 1 aromatic carbocycles. The molecule has 0 saturated heterocycles. The molecule has 0 fully saturated rings. The number of hydrogen-bond donors (Lipinski definition) is 1. The normalized spacial score (nSPS) is 11.2. The predicted molar refractivity (Wildman–Crippen MR) is 95.4 cm³/mol. The molecule has 1 N–H and O–H groups in total. The summed E-state index contributed by atoms with van der Waals surface area (Å²) in [6, 6.07) is 5.51. The molecule has 7 heteroatoms. The van der Waals surface area contributed by atoms with E-state index < -0.39 is 11.4 Å². The average molecular weight is 363 g/mol. The number of thiazole rings is 1. The van der Waals surface area contributed by atoms with E-state index in [0.29, 0.717) is 17.2 Å². The number of hydrogen-bond acceptors (Lipinski definition) is 6. The van der Waals surface area contributed by atoms with Crippen molar-refractivity contribution in [2.45, 2.75) is 26.7 Å². The Labute approximate surface area is 150 Å². The van der Waals surface area contributed by atoms with Crippen LogP contribution in [0, 0.1) is 5.41 Å². The lowest BCUT2D eigenvalue weighted by molar-refractivity contribution is -0.149. The van der Waals surface area contributed by atoms with Crippen LogP contribution in [-0.4, -0.2) is 36.1 Å². The highest BCUT2D eigenvalue weighted by molar-refractivity contribution is 7.13. The van der Waals surface area contributed by atoms with Gasteiger partial charge < -0.3 is 14.6 Å². The minimum absolute atomic E-state index is 0.0223. The van der Waals surface area contributed by atoms with Gasteiger partial charge in [0.2, 0.25) is 0 Å². The third kappa shape index (κ3) is 4.57. The number of aliphatic carboxylic acids is 1. The van der Waals surface area contributed by atoms with Crippen molar-refractivity contribution in [3.8, 4) is 22.1 Å². The Morgan fingerprint density at radius 3 is 2.48 bits per heavy atom. The van der Waals surface area contributed by atoms with Gasteiger partial charge in [0.05, 0.1) is 25.3 Å². The molecule has 0 aliphatic rings. The Morgan fingerprint density at radius 1 is 1.20 bits per heavy atom. The van der Waals surface area contributed by atoms with Crippen LogP contribution in [0.3, 0.4) is 0 Å². The summed E-state index contributed by atoms with van der Waals surface area (Å²) in [7, 11) is 3.14. The van der Waals surface area contributed by atoms with E-state index in [2.05, 4.69) is 4.98 Å². The summed E-state index contributed by atoms with van der Waals surface area (Å²) in [6.07, 6.45) is 0.103. The number of nitrogens with zero attached hydrogens (tertiary/aromatic N) is 1. The van der Waals surface area contributed by atoms with Gasteiger partial charge in [0.15, 0.2) is 11.5 Å². The maximum absolute atomic E-state index is 12.1. The molecule has 25 heavy (non-hydrogen) atoms. The summed E-state index contributed by atoms with van der Waals surface area (Å²) in [5.41, 5.74) is 0.437. The van der Waals surface area contributed by atoms with Gasteiger partial charge in [-0.05, 0) is 32.0 Å². The molecule has 6 nitrogen and oxygen atoms in total. The first-order valence-electron chi connectivity index (χ1n) is 7.68. The van der Waals surface area contributed by atoms with Crippen LogP contribution < -0.4 is 9.47 Å². The summed E-state index contributed by atoms with van der Waals surface area (Å²) in [4.78, 5) is 27.7.